The van der Waals surface area contributed by atoms with Crippen LogP contribution in [0.5, 0.6) is 0 Å². The van der Waals surface area contributed by atoms with E-state index in [-0.39, 0.29) is 29.2 Å². The molecule has 2 aromatic heterocycles. The van der Waals surface area contributed by atoms with Crippen molar-refractivity contribution in [1.29, 1.82) is 0 Å². The predicted molar refractivity (Wildman–Crippen MR) is 38.9 cm³/mol. The highest BCUT2D eigenvalue weighted by Crippen LogP contribution is 2.15. The monoisotopic (exact) mass is 156 g/mol. The lowest BCUT2D eigenvalue weighted by atomic mass is 10.5. The van der Waals surface area contributed by atoms with E-state index in [1.807, 2.05) is 0 Å². The SMILES string of the molecule is [2H]c1nc(Cl)c2[nH]c([2H])c([2H])c2n1. The summed E-state index contributed by atoms with van der Waals surface area (Å²) in [6.07, 6.45) is -0.318. The quantitative estimate of drug-likeness (QED) is 0.589. The molecule has 1 N–H and O–H groups in total. The highest BCUT2D eigenvalue weighted by Gasteiger charge is 1.98. The van der Waals surface area contributed by atoms with Gasteiger partial charge in [-0.3, -0.25) is 0 Å². The summed E-state index contributed by atoms with van der Waals surface area (Å²) < 4.78 is 21.9. The Morgan fingerprint density at radius 1 is 1.60 bits per heavy atom. The molecule has 10 heavy (non-hydrogen) atoms. The largest absolute Gasteiger partial charge is 0.357 e. The first-order valence-corrected chi connectivity index (χ1v) is 2.96. The minimum atomic E-state index is -0.245. The summed E-state index contributed by atoms with van der Waals surface area (Å²) in [5.74, 6) is 0. The predicted octanol–water partition coefficient (Wildman–Crippen LogP) is 1.61. The van der Waals surface area contributed by atoms with E-state index in [9.17, 15) is 0 Å². The zero-order valence-electron chi connectivity index (χ0n) is 7.77. The summed E-state index contributed by atoms with van der Waals surface area (Å²) in [7, 11) is 0. The van der Waals surface area contributed by atoms with Crippen LogP contribution in [0.1, 0.15) is 4.11 Å². The van der Waals surface area contributed by atoms with Gasteiger partial charge in [0.1, 0.15) is 13.2 Å². The Bertz CT molecular complexity index is 481. The molecule has 0 fully saturated rings. The molecule has 0 aromatic carbocycles. The molecule has 2 rings (SSSR count). The van der Waals surface area contributed by atoms with Crippen LogP contribution >= 0.6 is 11.6 Å². The second-order valence-corrected chi connectivity index (χ2v) is 2.07. The van der Waals surface area contributed by atoms with E-state index in [0.29, 0.717) is 5.52 Å². The van der Waals surface area contributed by atoms with Crippen LogP contribution in [0.25, 0.3) is 11.0 Å². The van der Waals surface area contributed by atoms with Crippen LogP contribution in [0.15, 0.2) is 18.5 Å². The number of halogens is 1. The number of fused-ring (bicyclic) bond motifs is 1. The van der Waals surface area contributed by atoms with Crippen LogP contribution < -0.4 is 0 Å². The smallest absolute Gasteiger partial charge is 0.156 e. The Morgan fingerprint density at radius 2 is 2.50 bits per heavy atom. The van der Waals surface area contributed by atoms with Gasteiger partial charge in [0.15, 0.2) is 5.15 Å². The van der Waals surface area contributed by atoms with Gasteiger partial charge in [0, 0.05) is 6.17 Å². The fraction of sp³-hybridized carbons (Fsp3) is 0. The van der Waals surface area contributed by atoms with Crippen molar-refractivity contribution in [3.05, 3.63) is 23.7 Å². The van der Waals surface area contributed by atoms with E-state index in [2.05, 4.69) is 15.0 Å². The van der Waals surface area contributed by atoms with E-state index in [0.717, 1.165) is 0 Å². The zero-order valence-corrected chi connectivity index (χ0v) is 5.53. The number of nitrogens with one attached hydrogen (secondary N) is 1. The van der Waals surface area contributed by atoms with Crippen molar-refractivity contribution >= 4 is 22.6 Å². The van der Waals surface area contributed by atoms with Gasteiger partial charge in [-0.15, -0.1) is 0 Å². The molecular weight excluding hydrogens is 150 g/mol. The van der Waals surface area contributed by atoms with Crippen molar-refractivity contribution < 1.29 is 4.11 Å². The van der Waals surface area contributed by atoms with Gasteiger partial charge >= 0.3 is 0 Å². The second kappa shape index (κ2) is 1.95. The van der Waals surface area contributed by atoms with E-state index >= 15 is 0 Å². The Labute approximate surface area is 66.3 Å². The van der Waals surface area contributed by atoms with Crippen molar-refractivity contribution in [3.8, 4) is 0 Å². The van der Waals surface area contributed by atoms with Crippen LogP contribution in [-0.4, -0.2) is 15.0 Å². The molecule has 0 bridgehead atoms. The highest BCUT2D eigenvalue weighted by molar-refractivity contribution is 6.33. The van der Waals surface area contributed by atoms with Crippen LogP contribution in [0, 0.1) is 0 Å². The molecule has 0 atom stereocenters. The number of hydrogen-bond acceptors (Lipinski definition) is 2. The number of aromatic amines is 1. The first-order chi connectivity index (χ1) is 6.09. The fourth-order valence-electron chi connectivity index (χ4n) is 0.683. The van der Waals surface area contributed by atoms with Crippen molar-refractivity contribution in [2.75, 3.05) is 0 Å². The third-order valence-electron chi connectivity index (χ3n) is 1.12. The van der Waals surface area contributed by atoms with Crippen molar-refractivity contribution in [3.63, 3.8) is 0 Å². The third-order valence-corrected chi connectivity index (χ3v) is 1.39. The summed E-state index contributed by atoms with van der Waals surface area (Å²) in [5, 5.41) is 0.0713. The molecule has 3 nitrogen and oxygen atoms in total. The average Bonchev–Trinajstić information content (AvgIpc) is 2.32. The van der Waals surface area contributed by atoms with Gasteiger partial charge in [0.05, 0.1) is 8.26 Å². The Kier molecular flexibility index (Phi) is 0.653. The molecule has 0 aliphatic heterocycles. The maximum absolute atomic E-state index is 7.41. The van der Waals surface area contributed by atoms with Gasteiger partial charge in [-0.05, 0) is 6.04 Å². The summed E-state index contributed by atoms with van der Waals surface area (Å²) in [6, 6.07) is -0.0622. The Balaban J connectivity index is 2.94. The number of aromatic nitrogens is 3. The lowest BCUT2D eigenvalue weighted by molar-refractivity contribution is 1.22. The molecule has 4 heteroatoms. The van der Waals surface area contributed by atoms with Crippen LogP contribution in [0.3, 0.4) is 0 Å². The molecule has 0 spiro atoms. The molecular formula is C6H4ClN3. The minimum absolute atomic E-state index is 0.0622. The number of rotatable bonds is 0. The first-order valence-electron chi connectivity index (χ1n) is 4.08. The zero-order chi connectivity index (χ0) is 9.59. The molecule has 0 saturated heterocycles. The molecule has 0 saturated carbocycles. The van der Waals surface area contributed by atoms with E-state index < -0.39 is 0 Å². The Hall–Kier alpha value is -1.09. The van der Waals surface area contributed by atoms with Crippen LogP contribution in [0.2, 0.25) is 5.15 Å². The summed E-state index contributed by atoms with van der Waals surface area (Å²) in [4.78, 5) is 9.83. The van der Waals surface area contributed by atoms with E-state index in [4.69, 9.17) is 15.7 Å². The topological polar surface area (TPSA) is 41.6 Å². The van der Waals surface area contributed by atoms with E-state index in [1.165, 1.54) is 0 Å². The second-order valence-electron chi connectivity index (χ2n) is 1.71. The molecule has 0 aliphatic rings. The normalized spacial score (nSPS) is 14.7. The minimum Gasteiger partial charge on any atom is -0.357 e. The molecule has 0 unspecified atom stereocenters. The highest BCUT2D eigenvalue weighted by atomic mass is 35.5. The lowest BCUT2D eigenvalue weighted by Crippen LogP contribution is -1.79. The van der Waals surface area contributed by atoms with Gasteiger partial charge in [-0.25, -0.2) is 9.97 Å². The number of nitrogens with zero attached hydrogens (tertiary/aromatic N) is 2. The maximum Gasteiger partial charge on any atom is 0.156 e. The maximum atomic E-state index is 7.41. The molecule has 0 amide bonds. The third kappa shape index (κ3) is 0.675. The summed E-state index contributed by atoms with van der Waals surface area (Å²) in [6.45, 7) is 0. The van der Waals surface area contributed by atoms with Gasteiger partial charge in [-0.2, -0.15) is 0 Å². The van der Waals surface area contributed by atoms with Crippen LogP contribution in [0.4, 0.5) is 0 Å². The molecule has 0 radical (unpaired) electrons. The van der Waals surface area contributed by atoms with Gasteiger partial charge in [0.2, 0.25) is 0 Å². The molecule has 0 aliphatic carbocycles. The number of hydrogen-bond donors (Lipinski definition) is 1. The summed E-state index contributed by atoms with van der Waals surface area (Å²) >= 11 is 5.68. The van der Waals surface area contributed by atoms with Gasteiger partial charge < -0.3 is 4.98 Å². The van der Waals surface area contributed by atoms with E-state index in [1.54, 1.807) is 0 Å². The number of H-pyrrole nitrogens is 1. The van der Waals surface area contributed by atoms with Gasteiger partial charge in [-0.1, -0.05) is 11.6 Å². The molecule has 50 valence electrons. The van der Waals surface area contributed by atoms with Crippen LogP contribution in [-0.2, 0) is 0 Å². The fourth-order valence-corrected chi connectivity index (χ4v) is 0.857. The molecule has 2 heterocycles. The molecule has 2 aromatic rings. The van der Waals surface area contributed by atoms with Gasteiger partial charge in [0.25, 0.3) is 0 Å². The standard InChI is InChI=1S/C6H4ClN3/c7-6-5-4(1-2-8-5)9-3-10-6/h1-3,8H/i1D,2D,3D. The summed E-state index contributed by atoms with van der Waals surface area (Å²) in [5.41, 5.74) is 0.558. The first kappa shape index (κ1) is 3.34. The van der Waals surface area contributed by atoms with Crippen molar-refractivity contribution in [2.24, 2.45) is 0 Å². The Morgan fingerprint density at radius 3 is 3.40 bits per heavy atom. The lowest BCUT2D eigenvalue weighted by Gasteiger charge is -1.88. The van der Waals surface area contributed by atoms with Crippen molar-refractivity contribution in [2.45, 2.75) is 0 Å². The van der Waals surface area contributed by atoms with Crippen molar-refractivity contribution in [1.82, 2.24) is 15.0 Å². The average molecular weight is 157 g/mol.